The molecule has 0 aliphatic rings. The zero-order valence-electron chi connectivity index (χ0n) is 15.6. The summed E-state index contributed by atoms with van der Waals surface area (Å²) in [4.78, 5) is 35.2. The van der Waals surface area contributed by atoms with Gasteiger partial charge in [-0.25, -0.2) is 0 Å². The van der Waals surface area contributed by atoms with Crippen LogP contribution in [0.15, 0.2) is 29.4 Å². The molecule has 0 fully saturated rings. The van der Waals surface area contributed by atoms with E-state index in [1.54, 1.807) is 31.2 Å². The Balaban J connectivity index is 2.09. The minimum absolute atomic E-state index is 0.115. The van der Waals surface area contributed by atoms with Crippen LogP contribution in [0.1, 0.15) is 43.4 Å². The molecule has 144 valence electrons. The highest BCUT2D eigenvalue weighted by atomic mass is 32.2. The molecule has 0 aliphatic heterocycles. The Morgan fingerprint density at radius 3 is 2.59 bits per heavy atom. The summed E-state index contributed by atoms with van der Waals surface area (Å²) in [6.45, 7) is 5.77. The minimum atomic E-state index is -0.455. The highest BCUT2D eigenvalue weighted by Crippen LogP contribution is 2.24. The number of carbonyl (C=O) groups excluding carboxylic acids is 3. The van der Waals surface area contributed by atoms with Crippen LogP contribution >= 0.6 is 11.8 Å². The second-order valence-electron chi connectivity index (χ2n) is 5.96. The first-order chi connectivity index (χ1) is 12.8. The molecule has 1 aromatic heterocycles. The van der Waals surface area contributed by atoms with Crippen molar-refractivity contribution in [2.45, 2.75) is 50.6 Å². The molecule has 0 unspecified atom stereocenters. The number of rotatable bonds is 9. The quantitative estimate of drug-likeness (QED) is 0.500. The Bertz CT molecular complexity index is 849. The molecule has 27 heavy (non-hydrogen) atoms. The van der Waals surface area contributed by atoms with Crippen molar-refractivity contribution in [3.63, 3.8) is 0 Å². The Hall–Kier alpha value is -2.68. The van der Waals surface area contributed by atoms with Crippen LogP contribution in [0.5, 0.6) is 0 Å². The van der Waals surface area contributed by atoms with Gasteiger partial charge in [0.2, 0.25) is 11.8 Å². The predicted molar refractivity (Wildman–Crippen MR) is 104 cm³/mol. The van der Waals surface area contributed by atoms with E-state index in [-0.39, 0.29) is 18.1 Å². The lowest BCUT2D eigenvalue weighted by Gasteiger charge is -2.14. The van der Waals surface area contributed by atoms with E-state index in [4.69, 9.17) is 5.73 Å². The lowest BCUT2D eigenvalue weighted by molar-refractivity contribution is -0.118. The van der Waals surface area contributed by atoms with Crippen LogP contribution in [0.3, 0.4) is 0 Å². The number of ketones is 1. The maximum atomic E-state index is 12.6. The Morgan fingerprint density at radius 1 is 1.26 bits per heavy atom. The van der Waals surface area contributed by atoms with Crippen LogP contribution < -0.4 is 11.1 Å². The lowest BCUT2D eigenvalue weighted by atomic mass is 10.1. The summed E-state index contributed by atoms with van der Waals surface area (Å²) in [5.41, 5.74) is 6.14. The van der Waals surface area contributed by atoms with Gasteiger partial charge in [-0.2, -0.15) is 0 Å². The third-order valence-corrected chi connectivity index (χ3v) is 5.00. The molecule has 0 saturated carbocycles. The number of hydrogen-bond acceptors (Lipinski definition) is 6. The van der Waals surface area contributed by atoms with Gasteiger partial charge in [-0.05, 0) is 32.9 Å². The number of aromatic nitrogens is 3. The van der Waals surface area contributed by atoms with Gasteiger partial charge < -0.3 is 15.6 Å². The molecule has 0 radical (unpaired) electrons. The molecule has 0 spiro atoms. The van der Waals surface area contributed by atoms with Gasteiger partial charge in [0.05, 0.1) is 10.9 Å². The fraction of sp³-hybridized carbons (Fsp3) is 0.389. The SMILES string of the molecule is CCn1c(CCC(N)=O)nnc1S[C@@H](C)C(=O)Nc1ccccc1C(C)=O. The molecule has 2 rings (SSSR count). The zero-order chi connectivity index (χ0) is 20.0. The third kappa shape index (κ3) is 5.40. The van der Waals surface area contributed by atoms with Gasteiger partial charge in [0.15, 0.2) is 10.9 Å². The first-order valence-electron chi connectivity index (χ1n) is 8.61. The number of carbonyl (C=O) groups is 3. The van der Waals surface area contributed by atoms with E-state index in [0.717, 1.165) is 0 Å². The van der Waals surface area contributed by atoms with Crippen molar-refractivity contribution in [2.24, 2.45) is 5.73 Å². The standard InChI is InChI=1S/C18H23N5O3S/c1-4-23-16(10-9-15(19)25)21-22-18(23)27-12(3)17(26)20-14-8-6-5-7-13(14)11(2)24/h5-8,12H,4,9-10H2,1-3H3,(H2,19,25)(H,20,26)/t12-/m0/s1. The summed E-state index contributed by atoms with van der Waals surface area (Å²) in [6, 6.07) is 6.89. The summed E-state index contributed by atoms with van der Waals surface area (Å²) in [5.74, 6) is -0.0888. The molecule has 1 aromatic carbocycles. The van der Waals surface area contributed by atoms with Crippen molar-refractivity contribution in [3.8, 4) is 0 Å². The molecule has 2 amide bonds. The molecule has 2 aromatic rings. The number of para-hydroxylation sites is 1. The van der Waals surface area contributed by atoms with Crippen molar-refractivity contribution >= 4 is 35.0 Å². The van der Waals surface area contributed by atoms with Crippen molar-refractivity contribution in [1.29, 1.82) is 0 Å². The van der Waals surface area contributed by atoms with E-state index in [9.17, 15) is 14.4 Å². The first-order valence-corrected chi connectivity index (χ1v) is 9.49. The van der Waals surface area contributed by atoms with Gasteiger partial charge in [-0.3, -0.25) is 14.4 Å². The average Bonchev–Trinajstić information content (AvgIpc) is 3.01. The van der Waals surface area contributed by atoms with Gasteiger partial charge in [0.25, 0.3) is 0 Å². The molecular formula is C18H23N5O3S. The van der Waals surface area contributed by atoms with Gasteiger partial charge in [-0.1, -0.05) is 23.9 Å². The third-order valence-electron chi connectivity index (χ3n) is 3.92. The van der Waals surface area contributed by atoms with Crippen molar-refractivity contribution in [3.05, 3.63) is 35.7 Å². The number of amides is 2. The summed E-state index contributed by atoms with van der Waals surface area (Å²) >= 11 is 1.27. The molecule has 0 aliphatic carbocycles. The largest absolute Gasteiger partial charge is 0.370 e. The number of thioether (sulfide) groups is 1. The van der Waals surface area contributed by atoms with Crippen LogP contribution in [0.25, 0.3) is 0 Å². The fourth-order valence-corrected chi connectivity index (χ4v) is 3.42. The topological polar surface area (TPSA) is 120 Å². The van der Waals surface area contributed by atoms with E-state index in [0.29, 0.717) is 35.2 Å². The van der Waals surface area contributed by atoms with Crippen LogP contribution in [0.4, 0.5) is 5.69 Å². The molecule has 8 nitrogen and oxygen atoms in total. The number of hydrogen-bond donors (Lipinski definition) is 2. The molecule has 0 saturated heterocycles. The highest BCUT2D eigenvalue weighted by Gasteiger charge is 2.21. The summed E-state index contributed by atoms with van der Waals surface area (Å²) in [6.07, 6.45) is 0.601. The van der Waals surface area contributed by atoms with Crippen molar-refractivity contribution < 1.29 is 14.4 Å². The second-order valence-corrected chi connectivity index (χ2v) is 7.27. The van der Waals surface area contributed by atoms with E-state index in [2.05, 4.69) is 15.5 Å². The number of primary amides is 1. The van der Waals surface area contributed by atoms with E-state index < -0.39 is 11.2 Å². The number of anilines is 1. The maximum Gasteiger partial charge on any atom is 0.237 e. The first kappa shape index (κ1) is 20.6. The predicted octanol–water partition coefficient (Wildman–Crippen LogP) is 2.04. The summed E-state index contributed by atoms with van der Waals surface area (Å²) in [7, 11) is 0. The minimum Gasteiger partial charge on any atom is -0.370 e. The van der Waals surface area contributed by atoms with Gasteiger partial charge in [0, 0.05) is 24.9 Å². The molecule has 0 bridgehead atoms. The second kappa shape index (κ2) is 9.31. The fourth-order valence-electron chi connectivity index (χ4n) is 2.49. The molecule has 1 atom stereocenters. The molecule has 1 heterocycles. The van der Waals surface area contributed by atoms with Crippen LogP contribution in [-0.2, 0) is 22.6 Å². The lowest BCUT2D eigenvalue weighted by Crippen LogP contribution is -2.24. The van der Waals surface area contributed by atoms with Crippen LogP contribution in [-0.4, -0.2) is 37.6 Å². The van der Waals surface area contributed by atoms with E-state index in [1.165, 1.54) is 18.7 Å². The normalized spacial score (nSPS) is 11.8. The number of nitrogens with one attached hydrogen (secondary N) is 1. The van der Waals surface area contributed by atoms with Gasteiger partial charge in [0.1, 0.15) is 5.82 Å². The van der Waals surface area contributed by atoms with Crippen molar-refractivity contribution in [1.82, 2.24) is 14.8 Å². The Labute approximate surface area is 161 Å². The Kier molecular flexibility index (Phi) is 7.12. The number of Topliss-reactive ketones (excluding diaryl/α,β-unsaturated/α-hetero) is 1. The Morgan fingerprint density at radius 2 is 1.96 bits per heavy atom. The van der Waals surface area contributed by atoms with Crippen molar-refractivity contribution in [2.75, 3.05) is 5.32 Å². The monoisotopic (exact) mass is 389 g/mol. The smallest absolute Gasteiger partial charge is 0.237 e. The number of benzene rings is 1. The summed E-state index contributed by atoms with van der Waals surface area (Å²) < 4.78 is 1.86. The number of aryl methyl sites for hydroxylation is 1. The van der Waals surface area contributed by atoms with Crippen LogP contribution in [0.2, 0.25) is 0 Å². The highest BCUT2D eigenvalue weighted by molar-refractivity contribution is 8.00. The number of nitrogens with two attached hydrogens (primary N) is 1. The van der Waals surface area contributed by atoms with Gasteiger partial charge in [-0.15, -0.1) is 10.2 Å². The number of nitrogens with zero attached hydrogens (tertiary/aromatic N) is 3. The summed E-state index contributed by atoms with van der Waals surface area (Å²) in [5, 5.41) is 11.2. The maximum absolute atomic E-state index is 12.6. The molecule has 3 N–H and O–H groups in total. The van der Waals surface area contributed by atoms with Gasteiger partial charge >= 0.3 is 0 Å². The van der Waals surface area contributed by atoms with E-state index >= 15 is 0 Å². The van der Waals surface area contributed by atoms with Crippen LogP contribution in [0, 0.1) is 0 Å². The molecular weight excluding hydrogens is 366 g/mol. The zero-order valence-corrected chi connectivity index (χ0v) is 16.4. The molecule has 9 heteroatoms. The average molecular weight is 389 g/mol. The van der Waals surface area contributed by atoms with E-state index in [1.807, 2.05) is 11.5 Å².